The Bertz CT molecular complexity index is 744. The molecule has 0 spiro atoms. The molecule has 0 saturated carbocycles. The molecule has 0 amide bonds. The van der Waals surface area contributed by atoms with Gasteiger partial charge in [-0.3, -0.25) is 9.89 Å². The third-order valence-corrected chi connectivity index (χ3v) is 6.01. The third-order valence-electron chi connectivity index (χ3n) is 5.09. The first-order valence-electron chi connectivity index (χ1n) is 9.99. The molecule has 0 bridgehead atoms. The second-order valence-corrected chi connectivity index (χ2v) is 8.61. The van der Waals surface area contributed by atoms with Crippen molar-refractivity contribution in [2.24, 2.45) is 4.99 Å². The van der Waals surface area contributed by atoms with Gasteiger partial charge in [0.15, 0.2) is 5.96 Å². The van der Waals surface area contributed by atoms with E-state index in [0.717, 1.165) is 50.1 Å². The Hall–Kier alpha value is -1.96. The van der Waals surface area contributed by atoms with Crippen LogP contribution in [0.2, 0.25) is 0 Å². The van der Waals surface area contributed by atoms with Crippen LogP contribution in [0.25, 0.3) is 0 Å². The van der Waals surface area contributed by atoms with Crippen LogP contribution in [0.15, 0.2) is 41.5 Å². The first-order chi connectivity index (χ1) is 13.7. The maximum Gasteiger partial charge on any atom is 0.191 e. The van der Waals surface area contributed by atoms with Crippen molar-refractivity contribution in [3.05, 3.63) is 52.0 Å². The number of aromatic nitrogens is 1. The molecule has 28 heavy (non-hydrogen) atoms. The first-order valence-corrected chi connectivity index (χ1v) is 10.8. The van der Waals surface area contributed by atoms with Crippen LogP contribution in [0.5, 0.6) is 0 Å². The monoisotopic (exact) mass is 400 g/mol. The van der Waals surface area contributed by atoms with Crippen LogP contribution in [-0.2, 0) is 6.54 Å². The second-order valence-electron chi connectivity index (χ2n) is 7.30. The van der Waals surface area contributed by atoms with Crippen molar-refractivity contribution in [3.63, 3.8) is 0 Å². The number of piperazine rings is 1. The number of nitrogens with zero attached hydrogens (tertiary/aromatic N) is 4. The van der Waals surface area contributed by atoms with Crippen LogP contribution >= 0.6 is 11.3 Å². The number of thiazole rings is 1. The van der Waals surface area contributed by atoms with Crippen molar-refractivity contribution in [3.8, 4) is 0 Å². The number of nitrogens with one attached hydrogen (secondary N) is 2. The minimum absolute atomic E-state index is 0.477. The lowest BCUT2D eigenvalue weighted by atomic mass is 10.0. The van der Waals surface area contributed by atoms with E-state index in [1.807, 2.05) is 13.2 Å². The molecule has 152 valence electrons. The molecule has 7 heteroatoms. The van der Waals surface area contributed by atoms with Gasteiger partial charge < -0.3 is 15.5 Å². The largest absolute Gasteiger partial charge is 0.356 e. The summed E-state index contributed by atoms with van der Waals surface area (Å²) in [6.45, 7) is 8.13. The van der Waals surface area contributed by atoms with E-state index < -0.39 is 0 Å². The summed E-state index contributed by atoms with van der Waals surface area (Å²) in [5.41, 5.74) is 1.42. The molecule has 1 aromatic heterocycles. The zero-order valence-electron chi connectivity index (χ0n) is 17.2. The number of likely N-dealkylation sites (N-methyl/N-ethyl adjacent to an activating group) is 1. The van der Waals surface area contributed by atoms with E-state index in [9.17, 15) is 0 Å². The highest BCUT2D eigenvalue weighted by atomic mass is 32.1. The summed E-state index contributed by atoms with van der Waals surface area (Å²) in [4.78, 5) is 15.0. The van der Waals surface area contributed by atoms with Gasteiger partial charge in [0.1, 0.15) is 5.01 Å². The Morgan fingerprint density at radius 1 is 1.25 bits per heavy atom. The molecule has 0 radical (unpaired) electrons. The third kappa shape index (κ3) is 6.02. The molecule has 1 aromatic carbocycles. The normalized spacial score (nSPS) is 19.0. The van der Waals surface area contributed by atoms with Crippen molar-refractivity contribution in [1.29, 1.82) is 0 Å². The average Bonchev–Trinajstić information content (AvgIpc) is 3.14. The lowest BCUT2D eigenvalue weighted by Crippen LogP contribution is -2.47. The zero-order valence-corrected chi connectivity index (χ0v) is 18.0. The van der Waals surface area contributed by atoms with E-state index in [2.05, 4.69) is 74.7 Å². The minimum Gasteiger partial charge on any atom is -0.356 e. The van der Waals surface area contributed by atoms with Crippen LogP contribution in [-0.4, -0.2) is 67.6 Å². The molecule has 1 fully saturated rings. The maximum absolute atomic E-state index is 4.39. The van der Waals surface area contributed by atoms with E-state index >= 15 is 0 Å². The predicted molar refractivity (Wildman–Crippen MR) is 118 cm³/mol. The molecular formula is C21H32N6S. The van der Waals surface area contributed by atoms with Crippen LogP contribution in [0.4, 0.5) is 0 Å². The van der Waals surface area contributed by atoms with Crippen molar-refractivity contribution in [1.82, 2.24) is 25.4 Å². The Balaban J connectivity index is 1.43. The molecule has 2 aromatic rings. The fraction of sp³-hybridized carbons (Fsp3) is 0.524. The van der Waals surface area contributed by atoms with E-state index in [-0.39, 0.29) is 0 Å². The average molecular weight is 401 g/mol. The summed E-state index contributed by atoms with van der Waals surface area (Å²) in [6.07, 6.45) is 3.00. The van der Waals surface area contributed by atoms with Gasteiger partial charge in [-0.2, -0.15) is 0 Å². The lowest BCUT2D eigenvalue weighted by molar-refractivity contribution is 0.0891. The molecule has 0 aliphatic carbocycles. The second kappa shape index (κ2) is 10.5. The van der Waals surface area contributed by atoms with Crippen molar-refractivity contribution in [2.75, 3.05) is 46.8 Å². The van der Waals surface area contributed by atoms with Crippen LogP contribution in [0.1, 0.15) is 27.9 Å². The number of rotatable bonds is 7. The Labute approximate surface area is 172 Å². The fourth-order valence-electron chi connectivity index (χ4n) is 3.57. The van der Waals surface area contributed by atoms with E-state index in [1.165, 1.54) is 10.4 Å². The SMILES string of the molecule is CN=C(NCCCN1CCN(C)CC1c1ccccc1)NCc1ncc(C)s1. The number of benzene rings is 1. The highest BCUT2D eigenvalue weighted by molar-refractivity contribution is 7.11. The number of guanidine groups is 1. The summed E-state index contributed by atoms with van der Waals surface area (Å²) >= 11 is 1.72. The predicted octanol–water partition coefficient (Wildman–Crippen LogP) is 2.50. The van der Waals surface area contributed by atoms with Crippen LogP contribution in [0.3, 0.4) is 0 Å². The first kappa shape index (κ1) is 20.8. The fourth-order valence-corrected chi connectivity index (χ4v) is 4.29. The van der Waals surface area contributed by atoms with Crippen molar-refractivity contribution >= 4 is 17.3 Å². The molecule has 3 rings (SSSR count). The summed E-state index contributed by atoms with van der Waals surface area (Å²) in [7, 11) is 4.03. The highest BCUT2D eigenvalue weighted by Gasteiger charge is 2.25. The zero-order chi connectivity index (χ0) is 19.8. The number of hydrogen-bond acceptors (Lipinski definition) is 5. The van der Waals surface area contributed by atoms with Gasteiger partial charge in [-0.25, -0.2) is 4.98 Å². The molecule has 1 saturated heterocycles. The van der Waals surface area contributed by atoms with E-state index in [0.29, 0.717) is 12.6 Å². The van der Waals surface area contributed by atoms with Crippen LogP contribution < -0.4 is 10.6 Å². The van der Waals surface area contributed by atoms with Gasteiger partial charge in [-0.1, -0.05) is 30.3 Å². The molecule has 2 heterocycles. The number of hydrogen-bond donors (Lipinski definition) is 2. The molecule has 1 unspecified atom stereocenters. The standard InChI is InChI=1S/C21H32N6S/c1-17-14-24-20(28-17)15-25-21(22-2)23-10-7-11-27-13-12-26(3)16-19(27)18-8-5-4-6-9-18/h4-6,8-9,14,19H,7,10-13,15-16H2,1-3H3,(H2,22,23,25). The lowest BCUT2D eigenvalue weighted by Gasteiger charge is -2.40. The molecule has 6 nitrogen and oxygen atoms in total. The summed E-state index contributed by atoms with van der Waals surface area (Å²) in [5, 5.41) is 7.86. The molecule has 2 N–H and O–H groups in total. The van der Waals surface area contributed by atoms with Gasteiger partial charge >= 0.3 is 0 Å². The molecule has 1 aliphatic heterocycles. The van der Waals surface area contributed by atoms with Crippen molar-refractivity contribution < 1.29 is 0 Å². The van der Waals surface area contributed by atoms with Gasteiger partial charge in [-0.05, 0) is 26.0 Å². The number of aliphatic imine (C=N–C) groups is 1. The topological polar surface area (TPSA) is 55.8 Å². The smallest absolute Gasteiger partial charge is 0.191 e. The molecule has 1 atom stereocenters. The highest BCUT2D eigenvalue weighted by Crippen LogP contribution is 2.24. The quantitative estimate of drug-likeness (QED) is 0.425. The van der Waals surface area contributed by atoms with Gasteiger partial charge in [-0.15, -0.1) is 11.3 Å². The summed E-state index contributed by atoms with van der Waals surface area (Å²) < 4.78 is 0. The Kier molecular flexibility index (Phi) is 7.82. The maximum atomic E-state index is 4.39. The number of aryl methyl sites for hydroxylation is 1. The van der Waals surface area contributed by atoms with E-state index in [1.54, 1.807) is 11.3 Å². The van der Waals surface area contributed by atoms with Gasteiger partial charge in [0.25, 0.3) is 0 Å². The van der Waals surface area contributed by atoms with Gasteiger partial charge in [0.05, 0.1) is 6.54 Å². The summed E-state index contributed by atoms with van der Waals surface area (Å²) in [6, 6.07) is 11.4. The molecular weight excluding hydrogens is 368 g/mol. The van der Waals surface area contributed by atoms with Gasteiger partial charge in [0, 0.05) is 56.9 Å². The van der Waals surface area contributed by atoms with Crippen LogP contribution in [0, 0.1) is 6.92 Å². The minimum atomic E-state index is 0.477. The summed E-state index contributed by atoms with van der Waals surface area (Å²) in [5.74, 6) is 0.839. The van der Waals surface area contributed by atoms with Gasteiger partial charge in [0.2, 0.25) is 0 Å². The van der Waals surface area contributed by atoms with Crippen molar-refractivity contribution in [2.45, 2.75) is 25.9 Å². The Morgan fingerprint density at radius 2 is 2.07 bits per heavy atom. The Morgan fingerprint density at radius 3 is 2.79 bits per heavy atom. The van der Waals surface area contributed by atoms with E-state index in [4.69, 9.17) is 0 Å². The molecule has 1 aliphatic rings.